The first-order chi connectivity index (χ1) is 10.6. The van der Waals surface area contributed by atoms with Crippen LogP contribution in [0.1, 0.15) is 41.5 Å². The van der Waals surface area contributed by atoms with Gasteiger partial charge in [-0.3, -0.25) is 0 Å². The number of hydrogen-bond donors (Lipinski definition) is 0. The number of ether oxygens (including phenoxy) is 3. The lowest BCUT2D eigenvalue weighted by Gasteiger charge is -2.36. The monoisotopic (exact) mass is 328 g/mol. The van der Waals surface area contributed by atoms with Gasteiger partial charge in [0.15, 0.2) is 5.54 Å². The van der Waals surface area contributed by atoms with Crippen LogP contribution in [0.5, 0.6) is 0 Å². The van der Waals surface area contributed by atoms with Crippen molar-refractivity contribution >= 4 is 18.2 Å². The molecule has 0 aromatic heterocycles. The van der Waals surface area contributed by atoms with E-state index in [9.17, 15) is 14.4 Å². The Morgan fingerprint density at radius 3 is 2.04 bits per heavy atom. The standard InChI is InChI=1S/C15H24N2O6/c1-7-21-12(18)15(6)8-9-16(13(19)22-10(2)3)17(15)14(20)23-11(4)5/h8-11H,7H2,1-6H3. The van der Waals surface area contributed by atoms with E-state index in [0.29, 0.717) is 0 Å². The smallest absolute Gasteiger partial charge is 0.433 e. The lowest BCUT2D eigenvalue weighted by Crippen LogP contribution is -2.58. The quantitative estimate of drug-likeness (QED) is 0.582. The molecule has 1 unspecified atom stereocenters. The van der Waals surface area contributed by atoms with Crippen LogP contribution in [-0.4, -0.2) is 52.5 Å². The van der Waals surface area contributed by atoms with Crippen LogP contribution in [0.25, 0.3) is 0 Å². The first-order valence-corrected chi connectivity index (χ1v) is 7.50. The molecule has 0 saturated carbocycles. The molecular weight excluding hydrogens is 304 g/mol. The minimum Gasteiger partial charge on any atom is -0.464 e. The van der Waals surface area contributed by atoms with Gasteiger partial charge in [-0.05, 0) is 47.6 Å². The molecule has 1 heterocycles. The molecule has 0 fully saturated rings. The number of esters is 1. The zero-order chi connectivity index (χ0) is 17.8. The van der Waals surface area contributed by atoms with Crippen molar-refractivity contribution in [2.75, 3.05) is 6.61 Å². The number of hydrogen-bond acceptors (Lipinski definition) is 6. The van der Waals surface area contributed by atoms with Crippen molar-refractivity contribution in [1.29, 1.82) is 0 Å². The lowest BCUT2D eigenvalue weighted by molar-refractivity contribution is -0.157. The molecule has 8 nitrogen and oxygen atoms in total. The molecule has 0 aromatic rings. The van der Waals surface area contributed by atoms with Crippen LogP contribution in [0.3, 0.4) is 0 Å². The number of rotatable bonds is 4. The maximum atomic E-state index is 12.4. The molecule has 0 aliphatic carbocycles. The van der Waals surface area contributed by atoms with Crippen LogP contribution in [0.15, 0.2) is 12.3 Å². The minimum atomic E-state index is -1.49. The third-order valence-electron chi connectivity index (χ3n) is 2.92. The number of carbonyl (C=O) groups excluding carboxylic acids is 3. The number of carbonyl (C=O) groups is 3. The van der Waals surface area contributed by atoms with Crippen molar-refractivity contribution in [3.05, 3.63) is 12.3 Å². The third-order valence-corrected chi connectivity index (χ3v) is 2.92. The van der Waals surface area contributed by atoms with E-state index in [2.05, 4.69) is 0 Å². The fraction of sp³-hybridized carbons (Fsp3) is 0.667. The van der Waals surface area contributed by atoms with Crippen molar-refractivity contribution in [1.82, 2.24) is 10.0 Å². The Morgan fingerprint density at radius 1 is 1.04 bits per heavy atom. The van der Waals surface area contributed by atoms with Crippen LogP contribution in [0.4, 0.5) is 9.59 Å². The van der Waals surface area contributed by atoms with Crippen molar-refractivity contribution in [2.45, 2.75) is 59.3 Å². The van der Waals surface area contributed by atoms with Crippen LogP contribution in [0.2, 0.25) is 0 Å². The fourth-order valence-electron chi connectivity index (χ4n) is 1.94. The Kier molecular flexibility index (Phi) is 6.00. The van der Waals surface area contributed by atoms with Gasteiger partial charge in [-0.1, -0.05) is 0 Å². The Hall–Kier alpha value is -2.25. The Balaban J connectivity index is 3.13. The highest BCUT2D eigenvalue weighted by molar-refractivity contribution is 5.90. The van der Waals surface area contributed by atoms with Crippen LogP contribution in [0, 0.1) is 0 Å². The second-order valence-electron chi connectivity index (χ2n) is 5.71. The molecule has 23 heavy (non-hydrogen) atoms. The van der Waals surface area contributed by atoms with E-state index < -0.39 is 29.8 Å². The van der Waals surface area contributed by atoms with Gasteiger partial charge in [0, 0.05) is 6.20 Å². The van der Waals surface area contributed by atoms with Crippen LogP contribution < -0.4 is 0 Å². The summed E-state index contributed by atoms with van der Waals surface area (Å²) >= 11 is 0. The summed E-state index contributed by atoms with van der Waals surface area (Å²) in [7, 11) is 0. The normalized spacial score (nSPS) is 20.2. The molecular formula is C15H24N2O6. The maximum Gasteiger partial charge on any atom is 0.433 e. The molecule has 0 aromatic carbocycles. The molecule has 1 aliphatic heterocycles. The molecule has 2 amide bonds. The summed E-state index contributed by atoms with van der Waals surface area (Å²) in [5.41, 5.74) is -1.49. The van der Waals surface area contributed by atoms with Gasteiger partial charge in [0.2, 0.25) is 0 Å². The number of hydrazine groups is 1. The summed E-state index contributed by atoms with van der Waals surface area (Å²) in [6.45, 7) is 9.96. The average molecular weight is 328 g/mol. The van der Waals surface area contributed by atoms with Crippen LogP contribution in [-0.2, 0) is 19.0 Å². The second-order valence-corrected chi connectivity index (χ2v) is 5.71. The zero-order valence-electron chi connectivity index (χ0n) is 14.4. The predicted molar refractivity (Wildman–Crippen MR) is 81.1 cm³/mol. The highest BCUT2D eigenvalue weighted by atomic mass is 16.6. The van der Waals surface area contributed by atoms with E-state index >= 15 is 0 Å². The van der Waals surface area contributed by atoms with Gasteiger partial charge >= 0.3 is 18.2 Å². The molecule has 1 aliphatic rings. The summed E-state index contributed by atoms with van der Waals surface area (Å²) in [4.78, 5) is 36.8. The van der Waals surface area contributed by atoms with Gasteiger partial charge in [-0.15, -0.1) is 0 Å². The molecule has 0 saturated heterocycles. The van der Waals surface area contributed by atoms with Gasteiger partial charge in [0.1, 0.15) is 0 Å². The summed E-state index contributed by atoms with van der Waals surface area (Å²) < 4.78 is 15.2. The molecule has 0 bridgehead atoms. The SMILES string of the molecule is CCOC(=O)C1(C)C=CN(C(=O)OC(C)C)N1C(=O)OC(C)C. The summed E-state index contributed by atoms with van der Waals surface area (Å²) in [6.07, 6.45) is 0.259. The second kappa shape index (κ2) is 7.34. The largest absolute Gasteiger partial charge is 0.464 e. The molecule has 0 spiro atoms. The molecule has 1 rings (SSSR count). The van der Waals surface area contributed by atoms with Crippen molar-refractivity contribution in [2.24, 2.45) is 0 Å². The van der Waals surface area contributed by atoms with E-state index in [-0.39, 0.29) is 12.7 Å². The van der Waals surface area contributed by atoms with Crippen LogP contribution >= 0.6 is 0 Å². The average Bonchev–Trinajstić information content (AvgIpc) is 2.76. The lowest BCUT2D eigenvalue weighted by atomic mass is 10.0. The Morgan fingerprint density at radius 2 is 1.57 bits per heavy atom. The zero-order valence-corrected chi connectivity index (χ0v) is 14.4. The Bertz CT molecular complexity index is 502. The van der Waals surface area contributed by atoms with Crippen molar-refractivity contribution in [3.8, 4) is 0 Å². The van der Waals surface area contributed by atoms with E-state index in [0.717, 1.165) is 10.0 Å². The highest BCUT2D eigenvalue weighted by Gasteiger charge is 2.51. The molecule has 0 radical (unpaired) electrons. The first-order valence-electron chi connectivity index (χ1n) is 7.50. The molecule has 130 valence electrons. The first kappa shape index (κ1) is 18.8. The van der Waals surface area contributed by atoms with E-state index in [1.165, 1.54) is 19.2 Å². The van der Waals surface area contributed by atoms with Gasteiger partial charge in [-0.25, -0.2) is 14.4 Å². The number of amides is 2. The summed E-state index contributed by atoms with van der Waals surface area (Å²) in [5.74, 6) is -0.670. The van der Waals surface area contributed by atoms with E-state index in [4.69, 9.17) is 14.2 Å². The maximum absolute atomic E-state index is 12.4. The van der Waals surface area contributed by atoms with Gasteiger partial charge in [0.25, 0.3) is 0 Å². The van der Waals surface area contributed by atoms with E-state index in [1.807, 2.05) is 0 Å². The molecule has 1 atom stereocenters. The minimum absolute atomic E-state index is 0.145. The number of nitrogens with zero attached hydrogens (tertiary/aromatic N) is 2. The highest BCUT2D eigenvalue weighted by Crippen LogP contribution is 2.30. The summed E-state index contributed by atoms with van der Waals surface area (Å²) in [6, 6.07) is 0. The van der Waals surface area contributed by atoms with Gasteiger partial charge < -0.3 is 14.2 Å². The predicted octanol–water partition coefficient (Wildman–Crippen LogP) is 2.44. The fourth-order valence-corrected chi connectivity index (χ4v) is 1.94. The van der Waals surface area contributed by atoms with Gasteiger partial charge in [0.05, 0.1) is 18.8 Å². The molecule has 0 N–H and O–H groups in total. The van der Waals surface area contributed by atoms with E-state index in [1.54, 1.807) is 34.6 Å². The van der Waals surface area contributed by atoms with Crippen molar-refractivity contribution < 1.29 is 28.6 Å². The summed E-state index contributed by atoms with van der Waals surface area (Å²) in [5, 5.41) is 1.82. The Labute approximate surface area is 135 Å². The topological polar surface area (TPSA) is 85.4 Å². The van der Waals surface area contributed by atoms with Gasteiger partial charge in [-0.2, -0.15) is 10.0 Å². The molecule has 8 heteroatoms. The van der Waals surface area contributed by atoms with Crippen molar-refractivity contribution in [3.63, 3.8) is 0 Å². The third kappa shape index (κ3) is 4.14.